The molecular formula is C16H26O6P2. The first-order valence-corrected chi connectivity index (χ1v) is 11.0. The first-order valence-electron chi connectivity index (χ1n) is 8.06. The Morgan fingerprint density at radius 3 is 2.08 bits per heavy atom. The molecule has 0 aliphatic rings. The van der Waals surface area contributed by atoms with E-state index in [1.807, 2.05) is 13.8 Å². The molecule has 0 bridgehead atoms. The van der Waals surface area contributed by atoms with E-state index in [0.29, 0.717) is 37.6 Å². The highest BCUT2D eigenvalue weighted by molar-refractivity contribution is 7.66. The van der Waals surface area contributed by atoms with Gasteiger partial charge in [0.2, 0.25) is 13.9 Å². The summed E-state index contributed by atoms with van der Waals surface area (Å²) < 4.78 is 34.0. The second kappa shape index (κ2) is 11.1. The molecule has 0 saturated carbocycles. The summed E-state index contributed by atoms with van der Waals surface area (Å²) in [7, 11) is -4.84. The van der Waals surface area contributed by atoms with Gasteiger partial charge in [0, 0.05) is 5.56 Å². The van der Waals surface area contributed by atoms with Crippen molar-refractivity contribution >= 4 is 21.5 Å². The molecule has 1 aromatic rings. The van der Waals surface area contributed by atoms with Gasteiger partial charge < -0.3 is 18.1 Å². The Morgan fingerprint density at radius 2 is 1.58 bits per heavy atom. The summed E-state index contributed by atoms with van der Waals surface area (Å²) in [6.45, 7) is 8.58. The Balaban J connectivity index is 2.96. The van der Waals surface area contributed by atoms with Crippen LogP contribution >= 0.6 is 16.0 Å². The summed E-state index contributed by atoms with van der Waals surface area (Å²) >= 11 is 0. The van der Waals surface area contributed by atoms with Gasteiger partial charge in [0.25, 0.3) is 0 Å². The second-order valence-corrected chi connectivity index (χ2v) is 8.19. The first kappa shape index (κ1) is 21.4. The molecular weight excluding hydrogens is 350 g/mol. The maximum atomic E-state index is 12.6. The lowest BCUT2D eigenvalue weighted by Crippen LogP contribution is -2.04. The van der Waals surface area contributed by atoms with Crippen molar-refractivity contribution in [2.75, 3.05) is 26.4 Å². The van der Waals surface area contributed by atoms with Crippen LogP contribution in [0.4, 0.5) is 0 Å². The highest BCUT2D eigenvalue weighted by Gasteiger charge is 2.26. The van der Waals surface area contributed by atoms with Crippen LogP contribution in [-0.4, -0.2) is 32.0 Å². The Bertz CT molecular complexity index is 547. The molecule has 0 spiro atoms. The maximum Gasteiger partial charge on any atom is 0.335 e. The molecule has 136 valence electrons. The maximum absolute atomic E-state index is 12.6. The molecule has 1 aromatic carbocycles. The normalized spacial score (nSPS) is 11.9. The highest BCUT2D eigenvalue weighted by atomic mass is 31.2. The van der Waals surface area contributed by atoms with Gasteiger partial charge in [-0.1, -0.05) is 18.2 Å². The van der Waals surface area contributed by atoms with Gasteiger partial charge >= 0.3 is 7.60 Å². The average molecular weight is 376 g/mol. The fourth-order valence-corrected chi connectivity index (χ4v) is 4.86. The van der Waals surface area contributed by atoms with Gasteiger partial charge in [-0.05, 0) is 39.3 Å². The Labute approximate surface area is 145 Å². The van der Waals surface area contributed by atoms with Crippen molar-refractivity contribution in [2.45, 2.75) is 33.9 Å². The highest BCUT2D eigenvalue weighted by Crippen LogP contribution is 2.51. The van der Waals surface area contributed by atoms with Crippen molar-refractivity contribution < 1.29 is 27.5 Å². The largest absolute Gasteiger partial charge is 0.335 e. The molecule has 0 unspecified atom stereocenters. The lowest BCUT2D eigenvalue weighted by molar-refractivity contribution is 0.104. The van der Waals surface area contributed by atoms with Crippen LogP contribution in [0.15, 0.2) is 24.3 Å². The Hall–Kier alpha value is -0.610. The number of benzene rings is 1. The molecule has 1 rings (SSSR count). The minimum absolute atomic E-state index is 0.122. The minimum atomic E-state index is -3.21. The first-order chi connectivity index (χ1) is 11.5. The molecule has 0 amide bonds. The van der Waals surface area contributed by atoms with E-state index in [2.05, 4.69) is 0 Å². The summed E-state index contributed by atoms with van der Waals surface area (Å²) in [5.41, 5.74) is 0.993. The zero-order valence-corrected chi connectivity index (χ0v) is 16.5. The predicted octanol–water partition coefficient (Wildman–Crippen LogP) is 4.98. The lowest BCUT2D eigenvalue weighted by Gasteiger charge is -2.18. The average Bonchev–Trinajstić information content (AvgIpc) is 2.54. The number of hydrogen-bond acceptors (Lipinski definition) is 6. The quantitative estimate of drug-likeness (QED) is 0.479. The summed E-state index contributed by atoms with van der Waals surface area (Å²) in [6, 6.07) is 6.94. The van der Waals surface area contributed by atoms with Gasteiger partial charge in [-0.25, -0.2) is 0 Å². The number of rotatable bonds is 12. The van der Waals surface area contributed by atoms with E-state index in [4.69, 9.17) is 18.1 Å². The van der Waals surface area contributed by atoms with Crippen LogP contribution in [-0.2, 0) is 28.8 Å². The fourth-order valence-electron chi connectivity index (χ4n) is 2.04. The summed E-state index contributed by atoms with van der Waals surface area (Å²) in [4.78, 5) is 12.5. The standard InChI is InChI=1S/C16H26O6P2/c1-5-19-23(20-6-2)16(17)15-11-9-10-14(12-15)13-24(18,21-7-3)22-8-4/h9-12H,5-8,13H2,1-4H3. The summed E-state index contributed by atoms with van der Waals surface area (Å²) in [5.74, 6) is 0. The van der Waals surface area contributed by atoms with Gasteiger partial charge in [-0.15, -0.1) is 0 Å². The van der Waals surface area contributed by atoms with Crippen molar-refractivity contribution in [3.05, 3.63) is 35.4 Å². The van der Waals surface area contributed by atoms with E-state index in [0.717, 1.165) is 0 Å². The molecule has 6 nitrogen and oxygen atoms in total. The monoisotopic (exact) mass is 376 g/mol. The van der Waals surface area contributed by atoms with Gasteiger partial charge in [0.15, 0.2) is 0 Å². The fraction of sp³-hybridized carbons (Fsp3) is 0.562. The second-order valence-electron chi connectivity index (χ2n) is 4.70. The molecule has 0 aliphatic carbocycles. The van der Waals surface area contributed by atoms with Crippen molar-refractivity contribution in [1.29, 1.82) is 0 Å². The molecule has 0 N–H and O–H groups in total. The number of hydrogen-bond donors (Lipinski definition) is 0. The molecule has 0 aromatic heterocycles. The zero-order chi connectivity index (χ0) is 18.0. The smallest absolute Gasteiger partial charge is 0.329 e. The van der Waals surface area contributed by atoms with Gasteiger partial charge in [-0.3, -0.25) is 9.36 Å². The van der Waals surface area contributed by atoms with E-state index in [9.17, 15) is 9.36 Å². The number of carbonyl (C=O) groups is 1. The SMILES string of the molecule is CCOP(OCC)C(=O)c1cccc(CP(=O)(OCC)OCC)c1. The third-order valence-electron chi connectivity index (χ3n) is 2.86. The van der Waals surface area contributed by atoms with Crippen LogP contribution in [0.1, 0.15) is 43.6 Å². The van der Waals surface area contributed by atoms with Crippen LogP contribution < -0.4 is 0 Å². The molecule has 0 radical (unpaired) electrons. The van der Waals surface area contributed by atoms with Crippen LogP contribution in [0, 0.1) is 0 Å². The summed E-state index contributed by atoms with van der Waals surface area (Å²) in [6.07, 6.45) is 0.122. The van der Waals surface area contributed by atoms with Gasteiger partial charge in [0.1, 0.15) is 0 Å². The third-order valence-corrected chi connectivity index (χ3v) is 6.49. The predicted molar refractivity (Wildman–Crippen MR) is 95.5 cm³/mol. The van der Waals surface area contributed by atoms with E-state index in [1.165, 1.54) is 0 Å². The van der Waals surface area contributed by atoms with Crippen LogP contribution in [0.2, 0.25) is 0 Å². The van der Waals surface area contributed by atoms with Crippen molar-refractivity contribution in [1.82, 2.24) is 0 Å². The third kappa shape index (κ3) is 6.72. The molecule has 0 fully saturated rings. The van der Waals surface area contributed by atoms with E-state index >= 15 is 0 Å². The topological polar surface area (TPSA) is 71.1 Å². The van der Waals surface area contributed by atoms with Crippen molar-refractivity contribution in [3.8, 4) is 0 Å². The molecule has 0 atom stereocenters. The van der Waals surface area contributed by atoms with Crippen LogP contribution in [0.3, 0.4) is 0 Å². The number of carbonyl (C=O) groups excluding carboxylic acids is 1. The van der Waals surface area contributed by atoms with E-state index in [-0.39, 0.29) is 11.7 Å². The zero-order valence-electron chi connectivity index (χ0n) is 14.7. The lowest BCUT2D eigenvalue weighted by atomic mass is 10.1. The molecule has 0 heterocycles. The molecule has 24 heavy (non-hydrogen) atoms. The molecule has 8 heteroatoms. The minimum Gasteiger partial charge on any atom is -0.329 e. The molecule has 0 aliphatic heterocycles. The van der Waals surface area contributed by atoms with Gasteiger partial charge in [0.05, 0.1) is 32.6 Å². The van der Waals surface area contributed by atoms with Crippen molar-refractivity contribution in [3.63, 3.8) is 0 Å². The Kier molecular flexibility index (Phi) is 9.91. The Morgan fingerprint density at radius 1 is 1.00 bits per heavy atom. The van der Waals surface area contributed by atoms with E-state index in [1.54, 1.807) is 38.1 Å². The van der Waals surface area contributed by atoms with Crippen molar-refractivity contribution in [2.24, 2.45) is 0 Å². The van der Waals surface area contributed by atoms with Crippen LogP contribution in [0.25, 0.3) is 0 Å². The van der Waals surface area contributed by atoms with Gasteiger partial charge in [-0.2, -0.15) is 0 Å². The van der Waals surface area contributed by atoms with Crippen LogP contribution in [0.5, 0.6) is 0 Å². The summed E-state index contributed by atoms with van der Waals surface area (Å²) in [5, 5.41) is 0. The van der Waals surface area contributed by atoms with E-state index < -0.39 is 16.0 Å². The molecule has 0 saturated heterocycles.